The molecule has 0 aromatic heterocycles. The molecule has 1 aromatic rings. The van der Waals surface area contributed by atoms with Gasteiger partial charge in [0.1, 0.15) is 0 Å². The van der Waals surface area contributed by atoms with E-state index in [1.807, 2.05) is 23.9 Å². The Balaban J connectivity index is 2.09. The summed E-state index contributed by atoms with van der Waals surface area (Å²) in [6.07, 6.45) is 1.30. The van der Waals surface area contributed by atoms with Crippen LogP contribution < -0.4 is 10.6 Å². The van der Waals surface area contributed by atoms with Crippen molar-refractivity contribution in [3.63, 3.8) is 0 Å². The highest BCUT2D eigenvalue weighted by atomic mass is 32.2. The van der Waals surface area contributed by atoms with Gasteiger partial charge in [0.2, 0.25) is 0 Å². The first-order valence-electron chi connectivity index (χ1n) is 4.93. The van der Waals surface area contributed by atoms with Gasteiger partial charge in [-0.3, -0.25) is 0 Å². The Bertz CT molecular complexity index is 291. The van der Waals surface area contributed by atoms with Crippen LogP contribution in [0.5, 0.6) is 0 Å². The number of hydrogen-bond donors (Lipinski definition) is 1. The van der Waals surface area contributed by atoms with Crippen LogP contribution >= 0.6 is 11.8 Å². The van der Waals surface area contributed by atoms with Gasteiger partial charge >= 0.3 is 0 Å². The lowest BCUT2D eigenvalue weighted by atomic mass is 10.2. The van der Waals surface area contributed by atoms with Crippen LogP contribution in [0.15, 0.2) is 24.3 Å². The van der Waals surface area contributed by atoms with Gasteiger partial charge < -0.3 is 10.6 Å². The van der Waals surface area contributed by atoms with Crippen LogP contribution in [0, 0.1) is 0 Å². The Morgan fingerprint density at radius 1 is 1.36 bits per heavy atom. The predicted molar refractivity (Wildman–Crippen MR) is 65.0 cm³/mol. The molecule has 76 valence electrons. The monoisotopic (exact) mass is 208 g/mol. The van der Waals surface area contributed by atoms with Crippen molar-refractivity contribution in [2.24, 2.45) is 0 Å². The quantitative estimate of drug-likeness (QED) is 0.756. The van der Waals surface area contributed by atoms with E-state index in [-0.39, 0.29) is 0 Å². The van der Waals surface area contributed by atoms with Crippen LogP contribution in [0.4, 0.5) is 11.4 Å². The minimum atomic E-state index is 0.698. The third kappa shape index (κ3) is 1.98. The van der Waals surface area contributed by atoms with Gasteiger partial charge in [-0.2, -0.15) is 11.8 Å². The Hall–Kier alpha value is -0.830. The van der Waals surface area contributed by atoms with Gasteiger partial charge in [-0.25, -0.2) is 0 Å². The van der Waals surface area contributed by atoms with Crippen molar-refractivity contribution in [2.45, 2.75) is 12.5 Å². The maximum absolute atomic E-state index is 5.66. The van der Waals surface area contributed by atoms with Crippen LogP contribution in [0.25, 0.3) is 0 Å². The molecule has 1 aromatic carbocycles. The number of nitrogens with two attached hydrogens (primary N) is 1. The number of nitrogens with zero attached hydrogens (tertiary/aromatic N) is 1. The molecule has 1 aliphatic rings. The van der Waals surface area contributed by atoms with Gasteiger partial charge in [-0.1, -0.05) is 0 Å². The highest BCUT2D eigenvalue weighted by Gasteiger charge is 2.19. The smallest absolute Gasteiger partial charge is 0.0385 e. The minimum absolute atomic E-state index is 0.698. The summed E-state index contributed by atoms with van der Waals surface area (Å²) in [4.78, 5) is 2.36. The van der Waals surface area contributed by atoms with Crippen LogP contribution in [-0.4, -0.2) is 24.6 Å². The molecular weight excluding hydrogens is 192 g/mol. The van der Waals surface area contributed by atoms with Crippen molar-refractivity contribution >= 4 is 23.1 Å². The predicted octanol–water partition coefficient (Wildman–Crippen LogP) is 2.21. The second kappa shape index (κ2) is 4.13. The standard InChI is InChI=1S/C11H16N2S/c1-13(11-6-7-14-8-11)10-4-2-9(12)3-5-10/h2-5,11H,6-8,12H2,1H3/t11-/m1/s1. The topological polar surface area (TPSA) is 29.3 Å². The molecule has 0 aliphatic carbocycles. The van der Waals surface area contributed by atoms with E-state index in [1.54, 1.807) is 0 Å². The third-order valence-corrected chi connectivity index (χ3v) is 3.90. The molecule has 0 spiro atoms. The number of benzene rings is 1. The third-order valence-electron chi connectivity index (χ3n) is 2.75. The molecule has 2 N–H and O–H groups in total. The summed E-state index contributed by atoms with van der Waals surface area (Å²) >= 11 is 2.04. The number of nitrogen functional groups attached to an aromatic ring is 1. The highest BCUT2D eigenvalue weighted by molar-refractivity contribution is 7.99. The molecule has 3 heteroatoms. The van der Waals surface area contributed by atoms with Crippen molar-refractivity contribution in [2.75, 3.05) is 29.2 Å². The van der Waals surface area contributed by atoms with Gasteiger partial charge in [0.25, 0.3) is 0 Å². The molecule has 2 rings (SSSR count). The molecule has 1 saturated heterocycles. The lowest BCUT2D eigenvalue weighted by molar-refractivity contribution is 0.700. The number of anilines is 2. The summed E-state index contributed by atoms with van der Waals surface area (Å²) in [7, 11) is 2.17. The Kier molecular flexibility index (Phi) is 2.87. The zero-order valence-electron chi connectivity index (χ0n) is 8.44. The van der Waals surface area contributed by atoms with E-state index in [4.69, 9.17) is 5.73 Å². The summed E-state index contributed by atoms with van der Waals surface area (Å²) in [6, 6.07) is 8.82. The van der Waals surface area contributed by atoms with Gasteiger partial charge in [-0.05, 0) is 36.4 Å². The van der Waals surface area contributed by atoms with Gasteiger partial charge in [-0.15, -0.1) is 0 Å². The summed E-state index contributed by atoms with van der Waals surface area (Å²) in [5.74, 6) is 2.55. The average molecular weight is 208 g/mol. The first-order valence-corrected chi connectivity index (χ1v) is 6.09. The maximum Gasteiger partial charge on any atom is 0.0385 e. The van der Waals surface area contributed by atoms with Crippen LogP contribution in [0.3, 0.4) is 0 Å². The Morgan fingerprint density at radius 2 is 2.07 bits per heavy atom. The van der Waals surface area contributed by atoms with Gasteiger partial charge in [0.05, 0.1) is 0 Å². The van der Waals surface area contributed by atoms with Crippen molar-refractivity contribution in [1.82, 2.24) is 0 Å². The molecular formula is C11H16N2S. The Labute approximate surface area is 89.5 Å². The fraction of sp³-hybridized carbons (Fsp3) is 0.455. The van der Waals surface area contributed by atoms with Crippen molar-refractivity contribution in [1.29, 1.82) is 0 Å². The lowest BCUT2D eigenvalue weighted by Crippen LogP contribution is -2.31. The van der Waals surface area contributed by atoms with Crippen LogP contribution in [0.1, 0.15) is 6.42 Å². The summed E-state index contributed by atoms with van der Waals surface area (Å²) in [5, 5.41) is 0. The molecule has 0 radical (unpaired) electrons. The first kappa shape index (κ1) is 9.71. The highest BCUT2D eigenvalue weighted by Crippen LogP contribution is 2.26. The summed E-state index contributed by atoms with van der Waals surface area (Å²) < 4.78 is 0. The van der Waals surface area contributed by atoms with E-state index in [1.165, 1.54) is 23.6 Å². The van der Waals surface area contributed by atoms with Gasteiger partial charge in [0.15, 0.2) is 0 Å². The van der Waals surface area contributed by atoms with Gasteiger partial charge in [0, 0.05) is 30.2 Å². The van der Waals surface area contributed by atoms with Crippen molar-refractivity contribution < 1.29 is 0 Å². The molecule has 0 bridgehead atoms. The second-order valence-corrected chi connectivity index (χ2v) is 4.87. The molecule has 0 amide bonds. The van der Waals surface area contributed by atoms with E-state index < -0.39 is 0 Å². The fourth-order valence-electron chi connectivity index (χ4n) is 1.75. The lowest BCUT2D eigenvalue weighted by Gasteiger charge is -2.25. The molecule has 1 heterocycles. The summed E-state index contributed by atoms with van der Waals surface area (Å²) in [5.41, 5.74) is 7.76. The van der Waals surface area contributed by atoms with E-state index in [9.17, 15) is 0 Å². The second-order valence-electron chi connectivity index (χ2n) is 3.72. The zero-order chi connectivity index (χ0) is 9.97. The first-order chi connectivity index (χ1) is 6.77. The van der Waals surface area contributed by atoms with Crippen molar-refractivity contribution in [3.8, 4) is 0 Å². The van der Waals surface area contributed by atoms with E-state index in [0.29, 0.717) is 6.04 Å². The normalized spacial score (nSPS) is 21.1. The molecule has 1 atom stereocenters. The van der Waals surface area contributed by atoms with Crippen LogP contribution in [-0.2, 0) is 0 Å². The minimum Gasteiger partial charge on any atom is -0.399 e. The molecule has 1 fully saturated rings. The van der Waals surface area contributed by atoms with E-state index >= 15 is 0 Å². The number of hydrogen-bond acceptors (Lipinski definition) is 3. The summed E-state index contributed by atoms with van der Waals surface area (Å²) in [6.45, 7) is 0. The Morgan fingerprint density at radius 3 is 2.64 bits per heavy atom. The molecule has 2 nitrogen and oxygen atoms in total. The van der Waals surface area contributed by atoms with E-state index in [0.717, 1.165) is 5.69 Å². The van der Waals surface area contributed by atoms with Crippen LogP contribution in [0.2, 0.25) is 0 Å². The number of thioether (sulfide) groups is 1. The molecule has 0 unspecified atom stereocenters. The van der Waals surface area contributed by atoms with E-state index in [2.05, 4.69) is 24.1 Å². The molecule has 1 aliphatic heterocycles. The molecule has 0 saturated carbocycles. The number of rotatable bonds is 2. The molecule has 14 heavy (non-hydrogen) atoms. The SMILES string of the molecule is CN(c1ccc(N)cc1)[C@@H]1CCSC1. The average Bonchev–Trinajstić information content (AvgIpc) is 2.71. The zero-order valence-corrected chi connectivity index (χ0v) is 9.26. The maximum atomic E-state index is 5.66. The fourth-order valence-corrected chi connectivity index (χ4v) is 3.02. The largest absolute Gasteiger partial charge is 0.399 e. The van der Waals surface area contributed by atoms with Crippen molar-refractivity contribution in [3.05, 3.63) is 24.3 Å².